The van der Waals surface area contributed by atoms with Crippen LogP contribution in [0.2, 0.25) is 10.2 Å². The molecule has 1 aliphatic carbocycles. The maximum absolute atomic E-state index is 12.1. The number of carbonyl (C=O) groups is 2. The summed E-state index contributed by atoms with van der Waals surface area (Å²) in [5, 5.41) is 12.4. The molecule has 0 radical (unpaired) electrons. The van der Waals surface area contributed by atoms with Gasteiger partial charge in [0, 0.05) is 12.7 Å². The molecule has 2 N–H and O–H groups in total. The minimum absolute atomic E-state index is 0.0451. The van der Waals surface area contributed by atoms with Crippen molar-refractivity contribution < 1.29 is 14.7 Å². The number of carbonyl (C=O) groups excluding carboxylic acids is 1. The van der Waals surface area contributed by atoms with Crippen molar-refractivity contribution in [3.8, 4) is 0 Å². The predicted molar refractivity (Wildman–Crippen MR) is 79.7 cm³/mol. The van der Waals surface area contributed by atoms with Gasteiger partial charge in [0.1, 0.15) is 5.15 Å². The molecule has 2 atom stereocenters. The Bertz CT molecular complexity index is 551. The van der Waals surface area contributed by atoms with E-state index in [-0.39, 0.29) is 27.6 Å². The summed E-state index contributed by atoms with van der Waals surface area (Å²) in [5.41, 5.74) is 0.249. The van der Waals surface area contributed by atoms with Gasteiger partial charge in [-0.25, -0.2) is 4.98 Å². The van der Waals surface area contributed by atoms with Gasteiger partial charge < -0.3 is 10.4 Å². The number of carboxylic acid groups (broad SMARTS) is 1. The van der Waals surface area contributed by atoms with Crippen molar-refractivity contribution in [2.24, 2.45) is 11.8 Å². The molecule has 0 aliphatic heterocycles. The van der Waals surface area contributed by atoms with Crippen LogP contribution in [0, 0.1) is 11.8 Å². The Kier molecular flexibility index (Phi) is 5.42. The van der Waals surface area contributed by atoms with E-state index in [0.717, 1.165) is 19.3 Å². The second kappa shape index (κ2) is 7.09. The van der Waals surface area contributed by atoms with Crippen LogP contribution >= 0.6 is 23.2 Å². The molecular formula is C14H16Cl2N2O3. The van der Waals surface area contributed by atoms with Gasteiger partial charge in [-0.05, 0) is 24.8 Å². The standard InChI is InChI=1S/C14H16Cl2N2O3/c15-11-7-17-12(16)5-10(11)13(19)18-6-8-3-1-2-4-9(8)14(20)21/h5,7-9H,1-4,6H2,(H,18,19)(H,20,21). The lowest BCUT2D eigenvalue weighted by Gasteiger charge is -2.28. The van der Waals surface area contributed by atoms with Gasteiger partial charge in [-0.2, -0.15) is 0 Å². The van der Waals surface area contributed by atoms with E-state index in [2.05, 4.69) is 10.3 Å². The van der Waals surface area contributed by atoms with Crippen molar-refractivity contribution in [1.82, 2.24) is 10.3 Å². The molecule has 21 heavy (non-hydrogen) atoms. The number of nitrogens with zero attached hydrogens (tertiary/aromatic N) is 1. The molecule has 114 valence electrons. The second-order valence-corrected chi connectivity index (χ2v) is 5.98. The van der Waals surface area contributed by atoms with Crippen LogP contribution in [0.3, 0.4) is 0 Å². The van der Waals surface area contributed by atoms with Crippen LogP contribution in [0.4, 0.5) is 0 Å². The topological polar surface area (TPSA) is 79.3 Å². The smallest absolute Gasteiger partial charge is 0.306 e. The summed E-state index contributed by atoms with van der Waals surface area (Å²) in [7, 11) is 0. The van der Waals surface area contributed by atoms with Crippen LogP contribution in [0.5, 0.6) is 0 Å². The third kappa shape index (κ3) is 4.08. The highest BCUT2D eigenvalue weighted by Crippen LogP contribution is 2.30. The Morgan fingerprint density at radius 1 is 1.33 bits per heavy atom. The normalized spacial score (nSPS) is 21.8. The fourth-order valence-electron chi connectivity index (χ4n) is 2.68. The molecule has 0 spiro atoms. The minimum Gasteiger partial charge on any atom is -0.481 e. The third-order valence-electron chi connectivity index (χ3n) is 3.82. The van der Waals surface area contributed by atoms with Crippen LogP contribution in [-0.4, -0.2) is 28.5 Å². The zero-order valence-corrected chi connectivity index (χ0v) is 12.8. The Hall–Kier alpha value is -1.33. The first-order chi connectivity index (χ1) is 9.99. The number of halogens is 2. The lowest BCUT2D eigenvalue weighted by atomic mass is 9.79. The number of hydrogen-bond donors (Lipinski definition) is 2. The first-order valence-electron chi connectivity index (χ1n) is 6.81. The van der Waals surface area contributed by atoms with Crippen molar-refractivity contribution >= 4 is 35.1 Å². The zero-order valence-electron chi connectivity index (χ0n) is 11.3. The fraction of sp³-hybridized carbons (Fsp3) is 0.500. The quantitative estimate of drug-likeness (QED) is 0.831. The van der Waals surface area contributed by atoms with E-state index in [1.807, 2.05) is 0 Å². The molecular weight excluding hydrogens is 315 g/mol. The summed E-state index contributed by atoms with van der Waals surface area (Å²) < 4.78 is 0. The summed E-state index contributed by atoms with van der Waals surface area (Å²) in [6.45, 7) is 0.325. The van der Waals surface area contributed by atoms with E-state index < -0.39 is 11.9 Å². The molecule has 1 amide bonds. The van der Waals surface area contributed by atoms with Crippen molar-refractivity contribution in [1.29, 1.82) is 0 Å². The second-order valence-electron chi connectivity index (χ2n) is 5.19. The van der Waals surface area contributed by atoms with Crippen LogP contribution in [0.1, 0.15) is 36.0 Å². The average Bonchev–Trinajstić information content (AvgIpc) is 2.47. The molecule has 5 nitrogen and oxygen atoms in total. The number of pyridine rings is 1. The summed E-state index contributed by atoms with van der Waals surface area (Å²) >= 11 is 11.7. The summed E-state index contributed by atoms with van der Waals surface area (Å²) in [6, 6.07) is 1.40. The number of rotatable bonds is 4. The first-order valence-corrected chi connectivity index (χ1v) is 7.56. The van der Waals surface area contributed by atoms with Gasteiger partial charge >= 0.3 is 5.97 Å². The number of aliphatic carboxylic acids is 1. The third-order valence-corrected chi connectivity index (χ3v) is 4.33. The molecule has 2 rings (SSSR count). The van der Waals surface area contributed by atoms with Gasteiger partial charge in [-0.3, -0.25) is 9.59 Å². The van der Waals surface area contributed by atoms with Crippen LogP contribution < -0.4 is 5.32 Å². The monoisotopic (exact) mass is 330 g/mol. The Balaban J connectivity index is 1.99. The van der Waals surface area contributed by atoms with E-state index in [1.54, 1.807) is 0 Å². The molecule has 1 aromatic heterocycles. The minimum atomic E-state index is -0.793. The lowest BCUT2D eigenvalue weighted by Crippen LogP contribution is -2.37. The first kappa shape index (κ1) is 16.0. The number of amides is 1. The van der Waals surface area contributed by atoms with Crippen molar-refractivity contribution in [2.75, 3.05) is 6.54 Å². The molecule has 1 fully saturated rings. The highest BCUT2D eigenvalue weighted by molar-refractivity contribution is 6.35. The summed E-state index contributed by atoms with van der Waals surface area (Å²) in [6.07, 6.45) is 4.71. The van der Waals surface area contributed by atoms with Crippen molar-refractivity contribution in [3.05, 3.63) is 28.0 Å². The van der Waals surface area contributed by atoms with Gasteiger partial charge in [0.15, 0.2) is 0 Å². The van der Waals surface area contributed by atoms with Gasteiger partial charge in [-0.1, -0.05) is 36.0 Å². The number of nitrogens with one attached hydrogen (secondary N) is 1. The van der Waals surface area contributed by atoms with E-state index in [4.69, 9.17) is 23.2 Å². The molecule has 2 unspecified atom stereocenters. The van der Waals surface area contributed by atoms with E-state index in [0.29, 0.717) is 13.0 Å². The van der Waals surface area contributed by atoms with Gasteiger partial charge in [-0.15, -0.1) is 0 Å². The molecule has 1 aromatic rings. The largest absolute Gasteiger partial charge is 0.481 e. The van der Waals surface area contributed by atoms with Gasteiger partial charge in [0.2, 0.25) is 0 Å². The molecule has 0 saturated heterocycles. The molecule has 0 bridgehead atoms. The highest BCUT2D eigenvalue weighted by Gasteiger charge is 2.31. The van der Waals surface area contributed by atoms with E-state index >= 15 is 0 Å². The summed E-state index contributed by atoms with van der Waals surface area (Å²) in [5.74, 6) is -1.59. The number of aromatic nitrogens is 1. The maximum atomic E-state index is 12.1. The van der Waals surface area contributed by atoms with Crippen molar-refractivity contribution in [3.63, 3.8) is 0 Å². The summed E-state index contributed by atoms with van der Waals surface area (Å²) in [4.78, 5) is 27.1. The van der Waals surface area contributed by atoms with Crippen molar-refractivity contribution in [2.45, 2.75) is 25.7 Å². The Morgan fingerprint density at radius 3 is 2.76 bits per heavy atom. The number of carboxylic acids is 1. The van der Waals surface area contributed by atoms with Crippen LogP contribution in [0.25, 0.3) is 0 Å². The Labute approximate surface area is 132 Å². The molecule has 0 aromatic carbocycles. The molecule has 1 aliphatic rings. The molecule has 1 heterocycles. The van der Waals surface area contributed by atoms with Crippen LogP contribution in [0.15, 0.2) is 12.3 Å². The Morgan fingerprint density at radius 2 is 2.05 bits per heavy atom. The molecule has 1 saturated carbocycles. The molecule has 7 heteroatoms. The highest BCUT2D eigenvalue weighted by atomic mass is 35.5. The fourth-order valence-corrected chi connectivity index (χ4v) is 3.03. The SMILES string of the molecule is O=C(NCC1CCCCC1C(=O)O)c1cc(Cl)ncc1Cl. The van der Waals surface area contributed by atoms with E-state index in [9.17, 15) is 14.7 Å². The predicted octanol–water partition coefficient (Wildman–Crippen LogP) is 3.01. The van der Waals surface area contributed by atoms with Gasteiger partial charge in [0.25, 0.3) is 5.91 Å². The maximum Gasteiger partial charge on any atom is 0.306 e. The lowest BCUT2D eigenvalue weighted by molar-refractivity contribution is -0.144. The van der Waals surface area contributed by atoms with Crippen LogP contribution in [-0.2, 0) is 4.79 Å². The zero-order chi connectivity index (χ0) is 15.4. The number of hydrogen-bond acceptors (Lipinski definition) is 3. The van der Waals surface area contributed by atoms with Gasteiger partial charge in [0.05, 0.1) is 16.5 Å². The average molecular weight is 331 g/mol. The van der Waals surface area contributed by atoms with E-state index in [1.165, 1.54) is 12.3 Å².